The lowest BCUT2D eigenvalue weighted by Gasteiger charge is -2.05. The zero-order chi connectivity index (χ0) is 9.68. The maximum absolute atomic E-state index is 11.2. The van der Waals surface area contributed by atoms with Crippen LogP contribution in [0, 0.1) is 0 Å². The highest BCUT2D eigenvalue weighted by atomic mass is 16.3. The molecule has 1 nitrogen and oxygen atoms in total. The zero-order valence-electron chi connectivity index (χ0n) is 8.42. The summed E-state index contributed by atoms with van der Waals surface area (Å²) in [7, 11) is 0. The smallest absolute Gasteiger partial charge is 0.115 e. The molecule has 1 rings (SSSR count). The molecule has 71 valence electrons. The standard InChI is InChI=1S/C12H17O/c1-3-4-6-11-7-5-8-12(9-11)10(2)13/h5,7-10H,3-4,6H2,1-2H3. The Morgan fingerprint density at radius 1 is 1.38 bits per heavy atom. The van der Waals surface area contributed by atoms with Crippen molar-refractivity contribution in [2.45, 2.75) is 39.2 Å². The van der Waals surface area contributed by atoms with Gasteiger partial charge in [-0.3, -0.25) is 0 Å². The van der Waals surface area contributed by atoms with Gasteiger partial charge in [0.15, 0.2) is 0 Å². The fourth-order valence-electron chi connectivity index (χ4n) is 1.38. The van der Waals surface area contributed by atoms with Crippen LogP contribution in [0.2, 0.25) is 0 Å². The van der Waals surface area contributed by atoms with Crippen molar-refractivity contribution in [3.8, 4) is 0 Å². The van der Waals surface area contributed by atoms with E-state index in [1.807, 2.05) is 18.2 Å². The third kappa shape index (κ3) is 3.19. The minimum Gasteiger partial charge on any atom is -0.228 e. The number of hydrogen-bond donors (Lipinski definition) is 0. The molecular weight excluding hydrogens is 160 g/mol. The van der Waals surface area contributed by atoms with Crippen molar-refractivity contribution in [1.29, 1.82) is 0 Å². The Balaban J connectivity index is 2.68. The molecule has 0 fully saturated rings. The Morgan fingerprint density at radius 2 is 2.15 bits per heavy atom. The lowest BCUT2D eigenvalue weighted by atomic mass is 10.0. The predicted octanol–water partition coefficient (Wildman–Crippen LogP) is 3.52. The second-order valence-corrected chi connectivity index (χ2v) is 3.49. The molecule has 0 saturated heterocycles. The second-order valence-electron chi connectivity index (χ2n) is 3.49. The van der Waals surface area contributed by atoms with E-state index in [0.717, 1.165) is 12.0 Å². The molecule has 13 heavy (non-hydrogen) atoms. The number of unbranched alkanes of at least 4 members (excludes halogenated alkanes) is 1. The summed E-state index contributed by atoms with van der Waals surface area (Å²) >= 11 is 0. The van der Waals surface area contributed by atoms with Crippen molar-refractivity contribution >= 4 is 0 Å². The van der Waals surface area contributed by atoms with Gasteiger partial charge < -0.3 is 0 Å². The van der Waals surface area contributed by atoms with E-state index in [4.69, 9.17) is 0 Å². The van der Waals surface area contributed by atoms with Gasteiger partial charge in [0.25, 0.3) is 0 Å². The minimum absolute atomic E-state index is 0.596. The average Bonchev–Trinajstić information content (AvgIpc) is 2.15. The molecule has 1 radical (unpaired) electrons. The molecule has 1 heteroatoms. The van der Waals surface area contributed by atoms with Crippen LogP contribution >= 0.6 is 0 Å². The molecule has 0 aliphatic rings. The highest BCUT2D eigenvalue weighted by Gasteiger charge is 2.02. The molecule has 0 N–H and O–H groups in total. The Labute approximate surface area is 80.4 Å². The van der Waals surface area contributed by atoms with Gasteiger partial charge in [0.1, 0.15) is 6.10 Å². The van der Waals surface area contributed by atoms with Crippen LogP contribution < -0.4 is 0 Å². The fourth-order valence-corrected chi connectivity index (χ4v) is 1.38. The van der Waals surface area contributed by atoms with Gasteiger partial charge in [0, 0.05) is 0 Å². The van der Waals surface area contributed by atoms with Gasteiger partial charge in [0.2, 0.25) is 0 Å². The number of rotatable bonds is 4. The van der Waals surface area contributed by atoms with Crippen LogP contribution in [0.4, 0.5) is 0 Å². The molecule has 0 aliphatic heterocycles. The minimum atomic E-state index is -0.596. The van der Waals surface area contributed by atoms with Crippen LogP contribution in [-0.2, 0) is 11.5 Å². The molecule has 0 bridgehead atoms. The van der Waals surface area contributed by atoms with E-state index < -0.39 is 6.10 Å². The summed E-state index contributed by atoms with van der Waals surface area (Å²) in [5, 5.41) is 11.2. The Kier molecular flexibility index (Phi) is 3.97. The summed E-state index contributed by atoms with van der Waals surface area (Å²) < 4.78 is 0. The summed E-state index contributed by atoms with van der Waals surface area (Å²) in [4.78, 5) is 0. The molecular formula is C12H17O. The van der Waals surface area contributed by atoms with Crippen molar-refractivity contribution in [1.82, 2.24) is 0 Å². The predicted molar refractivity (Wildman–Crippen MR) is 54.2 cm³/mol. The number of aryl methyl sites for hydroxylation is 1. The molecule has 0 heterocycles. The van der Waals surface area contributed by atoms with E-state index in [1.54, 1.807) is 6.92 Å². The summed E-state index contributed by atoms with van der Waals surface area (Å²) in [5.74, 6) is 0. The molecule has 0 aromatic heterocycles. The van der Waals surface area contributed by atoms with Crippen LogP contribution in [-0.4, -0.2) is 0 Å². The van der Waals surface area contributed by atoms with Crippen LogP contribution in [0.25, 0.3) is 0 Å². The lowest BCUT2D eigenvalue weighted by molar-refractivity contribution is 0.106. The summed E-state index contributed by atoms with van der Waals surface area (Å²) in [6.07, 6.45) is 2.91. The van der Waals surface area contributed by atoms with E-state index >= 15 is 0 Å². The SMILES string of the molecule is CCCCc1cccc(C(C)[O])c1. The first kappa shape index (κ1) is 10.3. The normalized spacial score (nSPS) is 12.8. The van der Waals surface area contributed by atoms with Crippen molar-refractivity contribution in [3.63, 3.8) is 0 Å². The first-order chi connectivity index (χ1) is 6.24. The van der Waals surface area contributed by atoms with Gasteiger partial charge in [-0.05, 0) is 30.9 Å². The first-order valence-corrected chi connectivity index (χ1v) is 4.98. The van der Waals surface area contributed by atoms with Crippen LogP contribution in [0.3, 0.4) is 0 Å². The Hall–Kier alpha value is -0.820. The maximum Gasteiger partial charge on any atom is 0.115 e. The van der Waals surface area contributed by atoms with E-state index in [-0.39, 0.29) is 0 Å². The molecule has 1 atom stereocenters. The van der Waals surface area contributed by atoms with Crippen LogP contribution in [0.1, 0.15) is 43.9 Å². The molecule has 0 saturated carbocycles. The molecule has 1 aromatic rings. The summed E-state index contributed by atoms with van der Waals surface area (Å²) in [6, 6.07) is 8.02. The van der Waals surface area contributed by atoms with Crippen molar-refractivity contribution in [2.24, 2.45) is 0 Å². The quantitative estimate of drug-likeness (QED) is 0.670. The van der Waals surface area contributed by atoms with Crippen molar-refractivity contribution < 1.29 is 5.11 Å². The molecule has 0 spiro atoms. The van der Waals surface area contributed by atoms with Gasteiger partial charge in [-0.15, -0.1) is 0 Å². The van der Waals surface area contributed by atoms with Gasteiger partial charge in [-0.1, -0.05) is 37.6 Å². The van der Waals surface area contributed by atoms with E-state index in [0.29, 0.717) is 0 Å². The van der Waals surface area contributed by atoms with E-state index in [9.17, 15) is 5.11 Å². The highest BCUT2D eigenvalue weighted by Crippen LogP contribution is 2.15. The highest BCUT2D eigenvalue weighted by molar-refractivity contribution is 5.24. The third-order valence-corrected chi connectivity index (χ3v) is 2.24. The van der Waals surface area contributed by atoms with Gasteiger partial charge in [0.05, 0.1) is 0 Å². The van der Waals surface area contributed by atoms with Gasteiger partial charge in [-0.2, -0.15) is 0 Å². The van der Waals surface area contributed by atoms with Gasteiger partial charge in [-0.25, -0.2) is 5.11 Å². The van der Waals surface area contributed by atoms with E-state index in [1.165, 1.54) is 18.4 Å². The zero-order valence-corrected chi connectivity index (χ0v) is 8.42. The lowest BCUT2D eigenvalue weighted by Crippen LogP contribution is -1.91. The molecule has 0 amide bonds. The third-order valence-electron chi connectivity index (χ3n) is 2.24. The fraction of sp³-hybridized carbons (Fsp3) is 0.500. The number of benzene rings is 1. The van der Waals surface area contributed by atoms with E-state index in [2.05, 4.69) is 13.0 Å². The average molecular weight is 177 g/mol. The Morgan fingerprint density at radius 3 is 2.77 bits per heavy atom. The Bertz CT molecular complexity index is 253. The number of hydrogen-bond acceptors (Lipinski definition) is 0. The molecule has 1 unspecified atom stereocenters. The maximum atomic E-state index is 11.2. The van der Waals surface area contributed by atoms with Crippen molar-refractivity contribution in [3.05, 3.63) is 35.4 Å². The second kappa shape index (κ2) is 5.03. The summed E-state index contributed by atoms with van der Waals surface area (Å²) in [5.41, 5.74) is 2.20. The van der Waals surface area contributed by atoms with Crippen LogP contribution in [0.5, 0.6) is 0 Å². The molecule has 1 aromatic carbocycles. The van der Waals surface area contributed by atoms with Gasteiger partial charge >= 0.3 is 0 Å². The molecule has 0 aliphatic carbocycles. The van der Waals surface area contributed by atoms with Crippen molar-refractivity contribution in [2.75, 3.05) is 0 Å². The monoisotopic (exact) mass is 177 g/mol. The topological polar surface area (TPSA) is 19.9 Å². The largest absolute Gasteiger partial charge is 0.228 e. The first-order valence-electron chi connectivity index (χ1n) is 4.98. The summed E-state index contributed by atoms with van der Waals surface area (Å²) in [6.45, 7) is 3.87. The van der Waals surface area contributed by atoms with Crippen LogP contribution in [0.15, 0.2) is 24.3 Å².